The van der Waals surface area contributed by atoms with Crippen molar-refractivity contribution in [2.45, 2.75) is 13.5 Å². The summed E-state index contributed by atoms with van der Waals surface area (Å²) in [4.78, 5) is 28.1. The molecular formula is C19H22N2O4. The van der Waals surface area contributed by atoms with Crippen LogP contribution in [0.25, 0.3) is 0 Å². The second kappa shape index (κ2) is 7.98. The highest BCUT2D eigenvalue weighted by Gasteiger charge is 2.21. The monoisotopic (exact) mass is 342 g/mol. The van der Waals surface area contributed by atoms with Crippen molar-refractivity contribution in [2.75, 3.05) is 32.8 Å². The molecule has 1 saturated heterocycles. The van der Waals surface area contributed by atoms with Crippen molar-refractivity contribution in [3.8, 4) is 5.75 Å². The Morgan fingerprint density at radius 3 is 2.56 bits per heavy atom. The van der Waals surface area contributed by atoms with Gasteiger partial charge in [0.05, 0.1) is 0 Å². The highest BCUT2D eigenvalue weighted by molar-refractivity contribution is 5.77. The fraction of sp³-hybridized carbons (Fsp3) is 0.368. The molecule has 0 bridgehead atoms. The van der Waals surface area contributed by atoms with E-state index in [1.165, 1.54) is 17.9 Å². The van der Waals surface area contributed by atoms with E-state index in [-0.39, 0.29) is 23.7 Å². The van der Waals surface area contributed by atoms with Gasteiger partial charge in [-0.25, -0.2) is 0 Å². The van der Waals surface area contributed by atoms with E-state index in [0.29, 0.717) is 18.8 Å². The molecule has 1 amide bonds. The van der Waals surface area contributed by atoms with Gasteiger partial charge in [-0.2, -0.15) is 0 Å². The summed E-state index contributed by atoms with van der Waals surface area (Å²) in [5, 5.41) is 0. The van der Waals surface area contributed by atoms with Gasteiger partial charge in [-0.1, -0.05) is 30.3 Å². The highest BCUT2D eigenvalue weighted by Crippen LogP contribution is 2.09. The van der Waals surface area contributed by atoms with Crippen LogP contribution in [0, 0.1) is 6.92 Å². The van der Waals surface area contributed by atoms with E-state index < -0.39 is 0 Å². The molecule has 1 fully saturated rings. The lowest BCUT2D eigenvalue weighted by Gasteiger charge is -2.34. The number of carbonyl (C=O) groups excluding carboxylic acids is 1. The van der Waals surface area contributed by atoms with E-state index in [0.717, 1.165) is 19.6 Å². The van der Waals surface area contributed by atoms with Gasteiger partial charge in [0.25, 0.3) is 5.91 Å². The summed E-state index contributed by atoms with van der Waals surface area (Å²) in [5.41, 5.74) is 1.00. The van der Waals surface area contributed by atoms with Gasteiger partial charge in [0.2, 0.25) is 11.2 Å². The summed E-state index contributed by atoms with van der Waals surface area (Å²) in [7, 11) is 0. The molecule has 0 radical (unpaired) electrons. The second-order valence-corrected chi connectivity index (χ2v) is 6.15. The smallest absolute Gasteiger partial charge is 0.260 e. The fourth-order valence-corrected chi connectivity index (χ4v) is 2.83. The summed E-state index contributed by atoms with van der Waals surface area (Å²) in [6, 6.07) is 11.6. The molecule has 2 aromatic rings. The Labute approximate surface area is 146 Å². The van der Waals surface area contributed by atoms with E-state index in [9.17, 15) is 9.59 Å². The van der Waals surface area contributed by atoms with Gasteiger partial charge in [-0.3, -0.25) is 14.5 Å². The molecule has 0 atom stereocenters. The predicted octanol–water partition coefficient (Wildman–Crippen LogP) is 1.67. The zero-order chi connectivity index (χ0) is 17.6. The van der Waals surface area contributed by atoms with Crippen molar-refractivity contribution in [3.05, 3.63) is 64.2 Å². The lowest BCUT2D eigenvalue weighted by molar-refractivity contribution is -0.135. The van der Waals surface area contributed by atoms with Crippen molar-refractivity contribution in [3.63, 3.8) is 0 Å². The SMILES string of the molecule is Cc1cc(=O)c(OCC(=O)N2CCN(Cc3ccccc3)CC2)co1. The number of nitrogens with zero attached hydrogens (tertiary/aromatic N) is 2. The van der Waals surface area contributed by atoms with Gasteiger partial charge in [-0.05, 0) is 12.5 Å². The van der Waals surface area contributed by atoms with E-state index in [4.69, 9.17) is 9.15 Å². The molecule has 1 aliphatic rings. The molecule has 0 spiro atoms. The molecule has 6 nitrogen and oxygen atoms in total. The third-order valence-electron chi connectivity index (χ3n) is 4.25. The number of benzene rings is 1. The Hall–Kier alpha value is -2.60. The summed E-state index contributed by atoms with van der Waals surface area (Å²) in [5.74, 6) is 0.471. The summed E-state index contributed by atoms with van der Waals surface area (Å²) >= 11 is 0. The first-order chi connectivity index (χ1) is 12.1. The Morgan fingerprint density at radius 2 is 1.88 bits per heavy atom. The van der Waals surface area contributed by atoms with Crippen molar-refractivity contribution >= 4 is 5.91 Å². The van der Waals surface area contributed by atoms with E-state index in [2.05, 4.69) is 17.0 Å². The molecule has 1 aromatic heterocycles. The minimum atomic E-state index is -0.274. The molecule has 132 valence electrons. The first kappa shape index (κ1) is 17.2. The minimum absolute atomic E-state index is 0.0710. The maximum atomic E-state index is 12.3. The third kappa shape index (κ3) is 4.70. The molecule has 0 N–H and O–H groups in total. The van der Waals surface area contributed by atoms with E-state index in [1.807, 2.05) is 18.2 Å². The second-order valence-electron chi connectivity index (χ2n) is 6.15. The molecule has 25 heavy (non-hydrogen) atoms. The number of amides is 1. The molecule has 0 aliphatic carbocycles. The van der Waals surface area contributed by atoms with Crippen molar-refractivity contribution < 1.29 is 13.9 Å². The number of ether oxygens (including phenoxy) is 1. The molecule has 2 heterocycles. The van der Waals surface area contributed by atoms with Crippen LogP contribution in [-0.2, 0) is 11.3 Å². The molecular weight excluding hydrogens is 320 g/mol. The first-order valence-electron chi connectivity index (χ1n) is 8.38. The van der Waals surface area contributed by atoms with Gasteiger partial charge in [0, 0.05) is 38.8 Å². The average molecular weight is 342 g/mol. The summed E-state index contributed by atoms with van der Waals surface area (Å²) < 4.78 is 10.4. The van der Waals surface area contributed by atoms with Crippen molar-refractivity contribution in [2.24, 2.45) is 0 Å². The topological polar surface area (TPSA) is 63.0 Å². The first-order valence-corrected chi connectivity index (χ1v) is 8.38. The fourth-order valence-electron chi connectivity index (χ4n) is 2.83. The largest absolute Gasteiger partial charge is 0.477 e. The van der Waals surface area contributed by atoms with Gasteiger partial charge in [0.15, 0.2) is 6.61 Å². The lowest BCUT2D eigenvalue weighted by atomic mass is 10.2. The lowest BCUT2D eigenvalue weighted by Crippen LogP contribution is -2.49. The standard InChI is InChI=1S/C19H22N2O4/c1-15-11-17(22)18(13-24-15)25-14-19(23)21-9-7-20(8-10-21)12-16-5-3-2-4-6-16/h2-6,11,13H,7-10,12,14H2,1H3. The molecule has 1 aliphatic heterocycles. The quantitative estimate of drug-likeness (QED) is 0.827. The molecule has 0 saturated carbocycles. The Bertz CT molecular complexity index is 764. The zero-order valence-electron chi connectivity index (χ0n) is 14.3. The maximum Gasteiger partial charge on any atom is 0.260 e. The summed E-state index contributed by atoms with van der Waals surface area (Å²) in [6.45, 7) is 5.41. The normalized spacial score (nSPS) is 15.2. The van der Waals surface area contributed by atoms with E-state index in [1.54, 1.807) is 11.8 Å². The van der Waals surface area contributed by atoms with Crippen LogP contribution in [0.2, 0.25) is 0 Å². The van der Waals surface area contributed by atoms with Crippen LogP contribution in [0.4, 0.5) is 0 Å². The predicted molar refractivity (Wildman–Crippen MR) is 93.5 cm³/mol. The average Bonchev–Trinajstić information content (AvgIpc) is 2.62. The van der Waals surface area contributed by atoms with Gasteiger partial charge in [0.1, 0.15) is 12.0 Å². The van der Waals surface area contributed by atoms with Gasteiger partial charge >= 0.3 is 0 Å². The third-order valence-corrected chi connectivity index (χ3v) is 4.25. The van der Waals surface area contributed by atoms with Crippen LogP contribution >= 0.6 is 0 Å². The van der Waals surface area contributed by atoms with Gasteiger partial charge < -0.3 is 14.1 Å². The number of carbonyl (C=O) groups is 1. The van der Waals surface area contributed by atoms with E-state index >= 15 is 0 Å². The summed E-state index contributed by atoms with van der Waals surface area (Å²) in [6.07, 6.45) is 1.25. The maximum absolute atomic E-state index is 12.3. The number of hydrogen-bond acceptors (Lipinski definition) is 5. The van der Waals surface area contributed by atoms with Crippen LogP contribution in [0.15, 0.2) is 51.9 Å². The molecule has 1 aromatic carbocycles. The number of hydrogen-bond donors (Lipinski definition) is 0. The number of aryl methyl sites for hydroxylation is 1. The number of piperazine rings is 1. The number of rotatable bonds is 5. The van der Waals surface area contributed by atoms with Crippen LogP contribution in [0.3, 0.4) is 0 Å². The minimum Gasteiger partial charge on any atom is -0.477 e. The Balaban J connectivity index is 1.46. The molecule has 6 heteroatoms. The van der Waals surface area contributed by atoms with Crippen LogP contribution < -0.4 is 10.2 Å². The van der Waals surface area contributed by atoms with Crippen molar-refractivity contribution in [1.29, 1.82) is 0 Å². The van der Waals surface area contributed by atoms with Crippen LogP contribution in [0.1, 0.15) is 11.3 Å². The zero-order valence-corrected chi connectivity index (χ0v) is 14.3. The van der Waals surface area contributed by atoms with Gasteiger partial charge in [-0.15, -0.1) is 0 Å². The Kier molecular flexibility index (Phi) is 5.50. The Morgan fingerprint density at radius 1 is 1.16 bits per heavy atom. The molecule has 3 rings (SSSR count). The van der Waals surface area contributed by atoms with Crippen molar-refractivity contribution in [1.82, 2.24) is 9.80 Å². The van der Waals surface area contributed by atoms with Crippen LogP contribution in [-0.4, -0.2) is 48.5 Å². The van der Waals surface area contributed by atoms with Crippen LogP contribution in [0.5, 0.6) is 5.75 Å². The molecule has 0 unspecified atom stereocenters. The highest BCUT2D eigenvalue weighted by atomic mass is 16.5.